The molecule has 5 nitrogen and oxygen atoms in total. The molecule has 1 aromatic carbocycles. The average molecular weight is 422 g/mol. The van der Waals surface area contributed by atoms with Gasteiger partial charge in [-0.1, -0.05) is 30.3 Å². The third-order valence-corrected chi connectivity index (χ3v) is 6.42. The zero-order chi connectivity index (χ0) is 19.9. The average Bonchev–Trinajstić information content (AvgIpc) is 2.91. The summed E-state index contributed by atoms with van der Waals surface area (Å²) in [6, 6.07) is 10.7. The van der Waals surface area contributed by atoms with Crippen LogP contribution >= 0.6 is 12.4 Å². The number of nitrogens with zero attached hydrogens (tertiary/aromatic N) is 2. The molecule has 2 aliphatic rings. The van der Waals surface area contributed by atoms with Crippen molar-refractivity contribution in [3.8, 4) is 0 Å². The summed E-state index contributed by atoms with van der Waals surface area (Å²) in [4.78, 5) is 28.7. The number of carbonyl (C=O) groups excluding carboxylic acids is 2. The lowest BCUT2D eigenvalue weighted by molar-refractivity contribution is -0.139. The Bertz CT molecular complexity index is 647. The molecule has 2 heterocycles. The van der Waals surface area contributed by atoms with E-state index in [2.05, 4.69) is 30.3 Å². The van der Waals surface area contributed by atoms with Crippen molar-refractivity contribution in [1.29, 1.82) is 0 Å². The zero-order valence-electron chi connectivity index (χ0n) is 17.6. The van der Waals surface area contributed by atoms with Gasteiger partial charge in [0.2, 0.25) is 11.8 Å². The summed E-state index contributed by atoms with van der Waals surface area (Å²) in [6.07, 6.45) is 7.41. The Morgan fingerprint density at radius 1 is 1.00 bits per heavy atom. The smallest absolute Gasteiger partial charge is 0.227 e. The third-order valence-electron chi connectivity index (χ3n) is 6.42. The van der Waals surface area contributed by atoms with Gasteiger partial charge in [0.1, 0.15) is 0 Å². The largest absolute Gasteiger partial charge is 0.342 e. The van der Waals surface area contributed by atoms with Gasteiger partial charge in [0.25, 0.3) is 0 Å². The molecule has 162 valence electrons. The number of benzene rings is 1. The molecule has 2 saturated heterocycles. The molecular formula is C23H36ClN3O2. The lowest BCUT2D eigenvalue weighted by atomic mass is 9.90. The summed E-state index contributed by atoms with van der Waals surface area (Å²) < 4.78 is 0. The predicted octanol–water partition coefficient (Wildman–Crippen LogP) is 3.26. The highest BCUT2D eigenvalue weighted by Crippen LogP contribution is 2.26. The molecule has 3 rings (SSSR count). The number of nitrogens with two attached hydrogens (primary N) is 1. The van der Waals surface area contributed by atoms with Crippen LogP contribution in [0.1, 0.15) is 51.0 Å². The standard InChI is InChI=1S/C23H35N3O2.ClH/c1-18(27)26-16-21(10-11-22(24)17-26)23(28)25-14-12-20(13-15-25)9-5-8-19-6-3-2-4-7-19;/h2-4,6-7,20-22H,5,8-17,24H2,1H3;1H/t21-,22+;/m1./s1. The normalized spacial score (nSPS) is 23.2. The van der Waals surface area contributed by atoms with Crippen molar-refractivity contribution in [3.63, 3.8) is 0 Å². The second-order valence-electron chi connectivity index (χ2n) is 8.60. The monoisotopic (exact) mass is 421 g/mol. The minimum absolute atomic E-state index is 0. The molecule has 0 bridgehead atoms. The molecular weight excluding hydrogens is 386 g/mol. The fourth-order valence-electron chi connectivity index (χ4n) is 4.62. The van der Waals surface area contributed by atoms with Crippen LogP contribution in [0.2, 0.25) is 0 Å². The summed E-state index contributed by atoms with van der Waals surface area (Å²) in [7, 11) is 0. The van der Waals surface area contributed by atoms with Crippen molar-refractivity contribution in [2.24, 2.45) is 17.6 Å². The SMILES string of the molecule is CC(=O)N1C[C@@H](N)CC[C@@H](C(=O)N2CCC(CCCc3ccccc3)CC2)C1.Cl. The first-order valence-corrected chi connectivity index (χ1v) is 10.9. The molecule has 2 fully saturated rings. The summed E-state index contributed by atoms with van der Waals surface area (Å²) in [6.45, 7) is 4.39. The van der Waals surface area contributed by atoms with Gasteiger partial charge < -0.3 is 15.5 Å². The quantitative estimate of drug-likeness (QED) is 0.793. The van der Waals surface area contributed by atoms with E-state index in [9.17, 15) is 9.59 Å². The van der Waals surface area contributed by atoms with Crippen molar-refractivity contribution in [1.82, 2.24) is 9.80 Å². The Kier molecular flexibility index (Phi) is 9.44. The van der Waals surface area contributed by atoms with Crippen LogP contribution in [0.5, 0.6) is 0 Å². The third kappa shape index (κ3) is 7.00. The molecule has 1 aromatic rings. The molecule has 2 N–H and O–H groups in total. The van der Waals surface area contributed by atoms with Crippen molar-refractivity contribution < 1.29 is 9.59 Å². The molecule has 6 heteroatoms. The number of likely N-dealkylation sites (tertiary alicyclic amines) is 2. The van der Waals surface area contributed by atoms with Gasteiger partial charge in [0, 0.05) is 39.1 Å². The Morgan fingerprint density at radius 2 is 1.69 bits per heavy atom. The van der Waals surface area contributed by atoms with Gasteiger partial charge in [0.05, 0.1) is 5.92 Å². The first-order valence-electron chi connectivity index (χ1n) is 10.9. The van der Waals surface area contributed by atoms with E-state index in [0.29, 0.717) is 13.1 Å². The van der Waals surface area contributed by atoms with Gasteiger partial charge in [-0.15, -0.1) is 12.4 Å². The molecule has 0 radical (unpaired) electrons. The Morgan fingerprint density at radius 3 is 2.34 bits per heavy atom. The van der Waals surface area contributed by atoms with E-state index >= 15 is 0 Å². The maximum absolute atomic E-state index is 13.0. The molecule has 0 aromatic heterocycles. The number of hydrogen-bond acceptors (Lipinski definition) is 3. The molecule has 2 aliphatic heterocycles. The molecule has 29 heavy (non-hydrogen) atoms. The van der Waals surface area contributed by atoms with Gasteiger partial charge in [-0.3, -0.25) is 9.59 Å². The van der Waals surface area contributed by atoms with Crippen molar-refractivity contribution >= 4 is 24.2 Å². The summed E-state index contributed by atoms with van der Waals surface area (Å²) in [5, 5.41) is 0. The van der Waals surface area contributed by atoms with Crippen molar-refractivity contribution in [2.45, 2.75) is 57.9 Å². The zero-order valence-corrected chi connectivity index (χ0v) is 18.4. The number of aryl methyl sites for hydroxylation is 1. The Labute approximate surface area is 181 Å². The van der Waals surface area contributed by atoms with E-state index in [4.69, 9.17) is 5.73 Å². The van der Waals surface area contributed by atoms with Gasteiger partial charge in [-0.2, -0.15) is 0 Å². The summed E-state index contributed by atoms with van der Waals surface area (Å²) in [5.41, 5.74) is 7.51. The Balaban J connectivity index is 0.00000300. The predicted molar refractivity (Wildman–Crippen MR) is 119 cm³/mol. The lowest BCUT2D eigenvalue weighted by Gasteiger charge is -2.35. The van der Waals surface area contributed by atoms with Crippen molar-refractivity contribution in [3.05, 3.63) is 35.9 Å². The maximum Gasteiger partial charge on any atom is 0.227 e. The van der Waals surface area contributed by atoms with E-state index < -0.39 is 0 Å². The molecule has 0 unspecified atom stereocenters. The van der Waals surface area contributed by atoms with Crippen LogP contribution < -0.4 is 5.73 Å². The fourth-order valence-corrected chi connectivity index (χ4v) is 4.62. The summed E-state index contributed by atoms with van der Waals surface area (Å²) >= 11 is 0. The first kappa shape index (κ1) is 23.7. The number of piperidine rings is 1. The van der Waals surface area contributed by atoms with Crippen LogP contribution in [0.3, 0.4) is 0 Å². The van der Waals surface area contributed by atoms with E-state index in [1.165, 1.54) is 18.4 Å². The highest BCUT2D eigenvalue weighted by molar-refractivity contribution is 5.85. The number of amides is 2. The van der Waals surface area contributed by atoms with Gasteiger partial charge in [-0.05, 0) is 56.4 Å². The van der Waals surface area contributed by atoms with Gasteiger partial charge in [-0.25, -0.2) is 0 Å². The number of halogens is 1. The second kappa shape index (κ2) is 11.6. The van der Waals surface area contributed by atoms with Crippen LogP contribution in [0, 0.1) is 11.8 Å². The van der Waals surface area contributed by atoms with Gasteiger partial charge in [0.15, 0.2) is 0 Å². The molecule has 0 saturated carbocycles. The molecule has 2 amide bonds. The van der Waals surface area contributed by atoms with Crippen molar-refractivity contribution in [2.75, 3.05) is 26.2 Å². The van der Waals surface area contributed by atoms with E-state index in [0.717, 1.165) is 51.1 Å². The van der Waals surface area contributed by atoms with Gasteiger partial charge >= 0.3 is 0 Å². The van der Waals surface area contributed by atoms with E-state index in [1.807, 2.05) is 4.90 Å². The number of carbonyl (C=O) groups is 2. The highest BCUT2D eigenvalue weighted by atomic mass is 35.5. The van der Waals surface area contributed by atoms with Crippen LogP contribution in [-0.2, 0) is 16.0 Å². The van der Waals surface area contributed by atoms with Crippen LogP contribution in [0.25, 0.3) is 0 Å². The van der Waals surface area contributed by atoms with Crippen LogP contribution in [0.4, 0.5) is 0 Å². The minimum Gasteiger partial charge on any atom is -0.342 e. The lowest BCUT2D eigenvalue weighted by Crippen LogP contribution is -2.45. The fraction of sp³-hybridized carbons (Fsp3) is 0.652. The first-order chi connectivity index (χ1) is 13.5. The minimum atomic E-state index is -0.0907. The molecule has 2 atom stereocenters. The van der Waals surface area contributed by atoms with Crippen LogP contribution in [-0.4, -0.2) is 53.8 Å². The van der Waals surface area contributed by atoms with E-state index in [-0.39, 0.29) is 36.2 Å². The van der Waals surface area contributed by atoms with E-state index in [1.54, 1.807) is 11.8 Å². The summed E-state index contributed by atoms with van der Waals surface area (Å²) in [5.74, 6) is 0.881. The highest BCUT2D eigenvalue weighted by Gasteiger charge is 2.32. The molecule has 0 aliphatic carbocycles. The number of hydrogen-bond donors (Lipinski definition) is 1. The molecule has 0 spiro atoms. The Hall–Kier alpha value is -1.59. The second-order valence-corrected chi connectivity index (χ2v) is 8.60. The van der Waals surface area contributed by atoms with Crippen LogP contribution in [0.15, 0.2) is 30.3 Å². The maximum atomic E-state index is 13.0. The number of rotatable bonds is 5. The topological polar surface area (TPSA) is 66.6 Å².